The monoisotopic (exact) mass is 1230 g/mol. The molecule has 2 aromatic rings. The average molecular weight is 1230 g/mol. The lowest BCUT2D eigenvalue weighted by Gasteiger charge is -2.68. The van der Waals surface area contributed by atoms with Crippen LogP contribution < -0.4 is 5.32 Å². The molecule has 0 spiro atoms. The maximum Gasteiger partial charge on any atom is 0.408 e. The number of alkyl carbamates (subject to hydrolysis) is 1. The van der Waals surface area contributed by atoms with Crippen molar-refractivity contribution in [3.05, 3.63) is 82.9 Å². The van der Waals surface area contributed by atoms with Gasteiger partial charge in [-0.05, 0) is 70.1 Å². The van der Waals surface area contributed by atoms with Gasteiger partial charge in [0.05, 0.1) is 30.8 Å². The number of amides is 1. The number of methoxy groups -OCH3 is 2. The molecule has 13 atom stereocenters. The molecular weight excluding hydrogens is 1130 g/mol. The van der Waals surface area contributed by atoms with E-state index < -0.39 is 125 Å². The molecule has 6 rings (SSSR count). The summed E-state index contributed by atoms with van der Waals surface area (Å²) in [7, 11) is 4.94. The van der Waals surface area contributed by atoms with Crippen LogP contribution in [0, 0.1) is 22.7 Å². The second-order valence-corrected chi connectivity index (χ2v) is 27.5. The minimum Gasteiger partial charge on any atom is -0.465 e. The standard InChI is InChI=1S/C65H95NO17S2/c1-13-15-17-19-20-24-30-43(29-23-18-16-14-2)37-77-49(68)38-84-85-39-50(69)80-54(52(44-31-25-21-26-32-44)66-60(73)83-61(5,6)7)59(72)79-46-36-65(74)57(81-58(71)45-33-27-22-28-34-45)55-63(10,56(70)53(76-12)51(41(46)3)62(65,8)9)47(75-11)35-48-64(55,40-78-48)82-42(4)67/h21-22,25-28,31-34,43,46-48,52-55,57-58,71,74H,13-20,23-24,29-30,35-40H2,1-12H3,(H,66,73)/t43?,46-,47-,48+,52-,53+,54+,55-,57-,58?,63+,64-,65+/m1/s1. The number of hydrogen-bond acceptors (Lipinski definition) is 19. The van der Waals surface area contributed by atoms with E-state index in [0.29, 0.717) is 23.3 Å². The molecule has 0 aromatic heterocycles. The number of ether oxygens (including phenoxy) is 9. The molecule has 18 nitrogen and oxygen atoms in total. The number of Topliss-reactive ketones (excluding diaryl/α,β-unsaturated/α-hetero) is 1. The summed E-state index contributed by atoms with van der Waals surface area (Å²) in [5.74, 6) is -5.10. The van der Waals surface area contributed by atoms with E-state index >= 15 is 9.59 Å². The Kier molecular flexibility index (Phi) is 25.4. The summed E-state index contributed by atoms with van der Waals surface area (Å²) in [5.41, 5.74) is -6.85. The van der Waals surface area contributed by atoms with E-state index in [1.807, 2.05) is 0 Å². The van der Waals surface area contributed by atoms with Gasteiger partial charge in [0.25, 0.3) is 0 Å². The molecule has 2 bridgehead atoms. The van der Waals surface area contributed by atoms with Crippen molar-refractivity contribution in [1.29, 1.82) is 0 Å². The quantitative estimate of drug-likeness (QED) is 0.0159. The molecule has 4 aliphatic rings. The van der Waals surface area contributed by atoms with E-state index in [4.69, 9.17) is 42.6 Å². The first-order valence-corrected chi connectivity index (χ1v) is 32.9. The van der Waals surface area contributed by atoms with Gasteiger partial charge in [-0.2, -0.15) is 0 Å². The van der Waals surface area contributed by atoms with Crippen molar-refractivity contribution in [1.82, 2.24) is 5.32 Å². The van der Waals surface area contributed by atoms with Gasteiger partial charge in [-0.1, -0.05) is 174 Å². The second kappa shape index (κ2) is 31.1. The van der Waals surface area contributed by atoms with Gasteiger partial charge >= 0.3 is 30.0 Å². The molecule has 1 saturated heterocycles. The van der Waals surface area contributed by atoms with Crippen molar-refractivity contribution in [2.75, 3.05) is 38.9 Å². The molecule has 474 valence electrons. The number of aliphatic hydroxyl groups excluding tert-OH is 1. The summed E-state index contributed by atoms with van der Waals surface area (Å²) < 4.78 is 55.7. The van der Waals surface area contributed by atoms with Crippen LogP contribution in [0.25, 0.3) is 0 Å². The maximum atomic E-state index is 16.0. The van der Waals surface area contributed by atoms with Gasteiger partial charge < -0.3 is 58.2 Å². The number of ketones is 1. The number of carbonyl (C=O) groups is 6. The number of esters is 4. The first-order valence-electron chi connectivity index (χ1n) is 30.4. The lowest BCUT2D eigenvalue weighted by molar-refractivity contribution is -0.363. The van der Waals surface area contributed by atoms with E-state index in [1.54, 1.807) is 109 Å². The van der Waals surface area contributed by atoms with Gasteiger partial charge in [0.15, 0.2) is 17.7 Å². The lowest BCUT2D eigenvalue weighted by atomic mass is 9.44. The Bertz CT molecular complexity index is 2580. The summed E-state index contributed by atoms with van der Waals surface area (Å²) >= 11 is 0. The van der Waals surface area contributed by atoms with Gasteiger partial charge in [-0.15, -0.1) is 0 Å². The Morgan fingerprint density at radius 1 is 0.812 bits per heavy atom. The number of nitrogens with one attached hydrogen (secondary N) is 1. The third kappa shape index (κ3) is 16.6. The number of fused-ring (bicyclic) bond motifs is 5. The van der Waals surface area contributed by atoms with Crippen LogP contribution >= 0.6 is 21.6 Å². The van der Waals surface area contributed by atoms with Crippen LogP contribution in [0.5, 0.6) is 0 Å². The van der Waals surface area contributed by atoms with E-state index in [-0.39, 0.29) is 36.0 Å². The highest BCUT2D eigenvalue weighted by molar-refractivity contribution is 8.77. The van der Waals surface area contributed by atoms with Gasteiger partial charge in [0.1, 0.15) is 47.1 Å². The number of benzene rings is 2. The average Bonchev–Trinajstić information content (AvgIpc) is 0.722. The SMILES string of the molecule is CCCCCCCCC(CCCCCC)COC(=O)CSSCC(=O)O[C@H](C(=O)O[C@@H]1C[C@]2(O)[C@H](OC(O)c3ccccc3)[C@H]3[C@@]4(OC(C)=O)CO[C@H]4C[C@@H](OC)[C@]3(C)C(=O)[C@@H](OC)C(=C1C)C2(C)C)[C@H](NC(=O)OC(C)(C)C)c1ccccc1. The van der Waals surface area contributed by atoms with Crippen LogP contribution in [-0.4, -0.2) is 138 Å². The molecule has 3 fully saturated rings. The fourth-order valence-corrected chi connectivity index (χ4v) is 14.9. The Hall–Kier alpha value is -4.54. The van der Waals surface area contributed by atoms with Crippen LogP contribution in [0.2, 0.25) is 0 Å². The zero-order valence-electron chi connectivity index (χ0n) is 52.1. The van der Waals surface area contributed by atoms with E-state index in [0.717, 1.165) is 66.5 Å². The predicted molar refractivity (Wildman–Crippen MR) is 324 cm³/mol. The fraction of sp³-hybridized carbons (Fsp3) is 0.692. The van der Waals surface area contributed by atoms with E-state index in [9.17, 15) is 29.4 Å². The van der Waals surface area contributed by atoms with Crippen LogP contribution in [0.15, 0.2) is 71.8 Å². The highest BCUT2D eigenvalue weighted by Crippen LogP contribution is 2.65. The largest absolute Gasteiger partial charge is 0.465 e. The Labute approximate surface area is 511 Å². The normalized spacial score (nSPS) is 27.5. The third-order valence-corrected chi connectivity index (χ3v) is 19.8. The molecule has 2 aromatic carbocycles. The second-order valence-electron chi connectivity index (χ2n) is 25.1. The summed E-state index contributed by atoms with van der Waals surface area (Å²) in [6.07, 6.45) is 2.43. The number of carbonyl (C=O) groups excluding carboxylic acids is 6. The van der Waals surface area contributed by atoms with Gasteiger partial charge in [0.2, 0.25) is 6.10 Å². The maximum absolute atomic E-state index is 16.0. The topological polar surface area (TPSA) is 238 Å². The lowest BCUT2D eigenvalue weighted by Crippen LogP contribution is -2.82. The van der Waals surface area contributed by atoms with Crippen molar-refractivity contribution >= 4 is 57.3 Å². The summed E-state index contributed by atoms with van der Waals surface area (Å²) in [4.78, 5) is 85.8. The van der Waals surface area contributed by atoms with Crippen molar-refractivity contribution in [3.8, 4) is 0 Å². The number of hydrogen-bond donors (Lipinski definition) is 3. The van der Waals surface area contributed by atoms with Crippen LogP contribution in [0.3, 0.4) is 0 Å². The first-order chi connectivity index (χ1) is 40.3. The summed E-state index contributed by atoms with van der Waals surface area (Å²) in [6.45, 7) is 17.5. The fourth-order valence-electron chi connectivity index (χ4n) is 13.3. The molecule has 2 unspecified atom stereocenters. The van der Waals surface area contributed by atoms with Crippen LogP contribution in [-0.2, 0) is 66.6 Å². The minimum atomic E-state index is -2.26. The molecule has 3 aliphatic carbocycles. The van der Waals surface area contributed by atoms with Crippen LogP contribution in [0.1, 0.15) is 183 Å². The molecule has 20 heteroatoms. The van der Waals surface area contributed by atoms with E-state index in [2.05, 4.69) is 19.2 Å². The number of aliphatic hydroxyl groups is 2. The van der Waals surface area contributed by atoms with Crippen molar-refractivity contribution in [2.45, 2.75) is 225 Å². The molecule has 0 radical (unpaired) electrons. The molecule has 2 saturated carbocycles. The van der Waals surface area contributed by atoms with Crippen molar-refractivity contribution in [3.63, 3.8) is 0 Å². The van der Waals surface area contributed by atoms with Crippen LogP contribution in [0.4, 0.5) is 4.79 Å². The highest BCUT2D eigenvalue weighted by Gasteiger charge is 2.78. The molecule has 1 aliphatic heterocycles. The van der Waals surface area contributed by atoms with Gasteiger partial charge in [-0.25, -0.2) is 9.59 Å². The highest BCUT2D eigenvalue weighted by atomic mass is 33.1. The van der Waals surface area contributed by atoms with Gasteiger partial charge in [-0.3, -0.25) is 19.2 Å². The molecule has 1 amide bonds. The Morgan fingerprint density at radius 3 is 1.94 bits per heavy atom. The zero-order chi connectivity index (χ0) is 62.3. The Morgan fingerprint density at radius 2 is 1.39 bits per heavy atom. The van der Waals surface area contributed by atoms with Gasteiger partial charge in [0, 0.05) is 50.9 Å². The van der Waals surface area contributed by atoms with Crippen molar-refractivity contribution < 1.29 is 81.6 Å². The number of rotatable bonds is 31. The summed E-state index contributed by atoms with van der Waals surface area (Å²) in [6, 6.07) is 15.4. The number of unbranched alkanes of at least 4 members (excludes halogenated alkanes) is 8. The van der Waals surface area contributed by atoms with E-state index in [1.165, 1.54) is 53.2 Å². The Balaban J connectivity index is 1.34. The molecule has 3 N–H and O–H groups in total. The summed E-state index contributed by atoms with van der Waals surface area (Å²) in [5, 5.41) is 29.1. The minimum absolute atomic E-state index is 0.0510. The molecule has 1 heterocycles. The smallest absolute Gasteiger partial charge is 0.408 e. The zero-order valence-corrected chi connectivity index (χ0v) is 53.7. The molecular formula is C65H95NO17S2. The first kappa shape index (κ1) is 69.6. The molecule has 85 heavy (non-hydrogen) atoms. The van der Waals surface area contributed by atoms with Crippen molar-refractivity contribution in [2.24, 2.45) is 22.7 Å². The predicted octanol–water partition coefficient (Wildman–Crippen LogP) is 11.2. The third-order valence-electron chi connectivity index (χ3n) is 17.7.